The Balaban J connectivity index is 1.86. The van der Waals surface area contributed by atoms with Crippen LogP contribution in [0.25, 0.3) is 0 Å². The van der Waals surface area contributed by atoms with Gasteiger partial charge in [0.2, 0.25) is 0 Å². The van der Waals surface area contributed by atoms with Gasteiger partial charge in [-0.2, -0.15) is 0 Å². The first-order valence-electron chi connectivity index (χ1n) is 6.79. The second-order valence-corrected chi connectivity index (χ2v) is 6.37. The Morgan fingerprint density at radius 1 is 0.952 bits per heavy atom. The van der Waals surface area contributed by atoms with Gasteiger partial charge in [0, 0.05) is 5.38 Å². The van der Waals surface area contributed by atoms with Crippen LogP contribution in [0.15, 0.2) is 42.5 Å². The Labute approximate surface area is 140 Å². The molecule has 112 valence electrons. The normalized spacial score (nSPS) is 12.2. The molecule has 0 saturated heterocycles. The molecule has 2 aromatic carbocycles. The number of hydrogen-bond donors (Lipinski definition) is 0. The van der Waals surface area contributed by atoms with E-state index in [-0.39, 0.29) is 5.38 Å². The summed E-state index contributed by atoms with van der Waals surface area (Å²) in [6.45, 7) is 0. The Bertz CT molecular complexity index is 581. The fraction of sp³-hybridized carbons (Fsp3) is 0.294. The largest absolute Gasteiger partial charge is 0.497 e. The van der Waals surface area contributed by atoms with Gasteiger partial charge in [-0.25, -0.2) is 0 Å². The molecule has 0 heterocycles. The molecule has 2 rings (SSSR count). The minimum atomic E-state index is 0.0735. The van der Waals surface area contributed by atoms with E-state index < -0.39 is 0 Å². The first kappa shape index (κ1) is 16.5. The Hall–Kier alpha value is -0.890. The number of alkyl halides is 1. The molecule has 2 aromatic rings. The summed E-state index contributed by atoms with van der Waals surface area (Å²) in [6.07, 6.45) is 2.64. The SMILES string of the molecule is COc1ccc(CCC(Cl)Cc2ccc(Cl)c(Cl)c2)cc1. The lowest BCUT2D eigenvalue weighted by Crippen LogP contribution is -2.05. The number of ether oxygens (including phenoxy) is 1. The molecule has 0 fully saturated rings. The molecule has 0 radical (unpaired) electrons. The van der Waals surface area contributed by atoms with Gasteiger partial charge in [0.1, 0.15) is 5.75 Å². The van der Waals surface area contributed by atoms with E-state index in [1.165, 1.54) is 5.56 Å². The summed E-state index contributed by atoms with van der Waals surface area (Å²) in [7, 11) is 1.67. The van der Waals surface area contributed by atoms with E-state index >= 15 is 0 Å². The van der Waals surface area contributed by atoms with Crippen molar-refractivity contribution in [1.82, 2.24) is 0 Å². The van der Waals surface area contributed by atoms with E-state index in [4.69, 9.17) is 39.5 Å². The van der Waals surface area contributed by atoms with Crippen molar-refractivity contribution in [2.24, 2.45) is 0 Å². The average molecular weight is 344 g/mol. The molecule has 4 heteroatoms. The van der Waals surface area contributed by atoms with Crippen molar-refractivity contribution in [3.63, 3.8) is 0 Å². The number of methoxy groups -OCH3 is 1. The quantitative estimate of drug-likeness (QED) is 0.604. The molecule has 0 aromatic heterocycles. The van der Waals surface area contributed by atoms with E-state index in [1.807, 2.05) is 30.3 Å². The van der Waals surface area contributed by atoms with Gasteiger partial charge in [-0.3, -0.25) is 0 Å². The van der Waals surface area contributed by atoms with Crippen LogP contribution < -0.4 is 4.74 Å². The smallest absolute Gasteiger partial charge is 0.118 e. The number of benzene rings is 2. The maximum absolute atomic E-state index is 6.42. The zero-order valence-electron chi connectivity index (χ0n) is 11.8. The summed E-state index contributed by atoms with van der Waals surface area (Å²) in [6, 6.07) is 13.7. The topological polar surface area (TPSA) is 9.23 Å². The lowest BCUT2D eigenvalue weighted by Gasteiger charge is -2.10. The van der Waals surface area contributed by atoms with Crippen molar-refractivity contribution in [2.45, 2.75) is 24.6 Å². The molecule has 1 unspecified atom stereocenters. The molecule has 0 amide bonds. The zero-order valence-corrected chi connectivity index (χ0v) is 14.1. The van der Waals surface area contributed by atoms with Crippen molar-refractivity contribution >= 4 is 34.8 Å². The van der Waals surface area contributed by atoms with E-state index in [1.54, 1.807) is 7.11 Å². The van der Waals surface area contributed by atoms with Crippen LogP contribution in [0.4, 0.5) is 0 Å². The molecule has 0 aliphatic rings. The Morgan fingerprint density at radius 3 is 2.24 bits per heavy atom. The number of rotatable bonds is 6. The molecule has 0 aliphatic carbocycles. The highest BCUT2D eigenvalue weighted by atomic mass is 35.5. The minimum absolute atomic E-state index is 0.0735. The van der Waals surface area contributed by atoms with Gasteiger partial charge >= 0.3 is 0 Å². The Morgan fingerprint density at radius 2 is 1.62 bits per heavy atom. The minimum Gasteiger partial charge on any atom is -0.497 e. The van der Waals surface area contributed by atoms with Gasteiger partial charge in [-0.05, 0) is 54.7 Å². The highest BCUT2D eigenvalue weighted by Gasteiger charge is 2.08. The first-order valence-corrected chi connectivity index (χ1v) is 7.98. The number of halogens is 3. The molecular weight excluding hydrogens is 327 g/mol. The standard InChI is InChI=1S/C17H17Cl3O/c1-21-15-7-3-12(4-8-15)2-6-14(18)10-13-5-9-16(19)17(20)11-13/h3-5,7-9,11,14H,2,6,10H2,1H3. The lowest BCUT2D eigenvalue weighted by molar-refractivity contribution is 0.414. The first-order chi connectivity index (χ1) is 10.1. The molecule has 1 atom stereocenters. The molecular formula is C17H17Cl3O. The van der Waals surface area contributed by atoms with Crippen molar-refractivity contribution in [2.75, 3.05) is 7.11 Å². The molecule has 21 heavy (non-hydrogen) atoms. The van der Waals surface area contributed by atoms with Crippen LogP contribution in [0.5, 0.6) is 5.75 Å². The highest BCUT2D eigenvalue weighted by molar-refractivity contribution is 6.42. The summed E-state index contributed by atoms with van der Waals surface area (Å²) in [5, 5.41) is 1.22. The van der Waals surface area contributed by atoms with Crippen LogP contribution in [0.3, 0.4) is 0 Å². The third-order valence-electron chi connectivity index (χ3n) is 3.35. The lowest BCUT2D eigenvalue weighted by atomic mass is 10.0. The third-order valence-corrected chi connectivity index (χ3v) is 4.46. The monoisotopic (exact) mass is 342 g/mol. The summed E-state index contributed by atoms with van der Waals surface area (Å²) < 4.78 is 5.15. The summed E-state index contributed by atoms with van der Waals surface area (Å²) in [5.74, 6) is 0.872. The second kappa shape index (κ2) is 7.93. The van der Waals surface area contributed by atoms with Crippen LogP contribution >= 0.6 is 34.8 Å². The van der Waals surface area contributed by atoms with E-state index in [0.29, 0.717) is 10.0 Å². The third kappa shape index (κ3) is 5.10. The van der Waals surface area contributed by atoms with Gasteiger partial charge in [0.15, 0.2) is 0 Å². The van der Waals surface area contributed by atoms with Crippen LogP contribution in [0, 0.1) is 0 Å². The molecule has 0 spiro atoms. The maximum Gasteiger partial charge on any atom is 0.118 e. The van der Waals surface area contributed by atoms with Crippen molar-refractivity contribution in [1.29, 1.82) is 0 Å². The average Bonchev–Trinajstić information content (AvgIpc) is 2.49. The molecule has 0 saturated carbocycles. The predicted octanol–water partition coefficient (Wildman–Crippen LogP) is 5.78. The zero-order chi connectivity index (χ0) is 15.2. The summed E-state index contributed by atoms with van der Waals surface area (Å²) >= 11 is 18.3. The van der Waals surface area contributed by atoms with Crippen molar-refractivity contribution < 1.29 is 4.74 Å². The Kier molecular flexibility index (Phi) is 6.22. The van der Waals surface area contributed by atoms with Crippen LogP contribution in [0.2, 0.25) is 10.0 Å². The van der Waals surface area contributed by atoms with Crippen LogP contribution in [0.1, 0.15) is 17.5 Å². The predicted molar refractivity (Wildman–Crippen MR) is 91.1 cm³/mol. The van der Waals surface area contributed by atoms with Crippen molar-refractivity contribution in [3.05, 3.63) is 63.6 Å². The second-order valence-electron chi connectivity index (χ2n) is 4.94. The van der Waals surface area contributed by atoms with Gasteiger partial charge in [-0.1, -0.05) is 41.4 Å². The maximum atomic E-state index is 6.42. The molecule has 0 aliphatic heterocycles. The fourth-order valence-electron chi connectivity index (χ4n) is 2.14. The van der Waals surface area contributed by atoms with Gasteiger partial charge in [-0.15, -0.1) is 11.6 Å². The van der Waals surface area contributed by atoms with Gasteiger partial charge < -0.3 is 4.74 Å². The molecule has 1 nitrogen and oxygen atoms in total. The summed E-state index contributed by atoms with van der Waals surface area (Å²) in [5.41, 5.74) is 2.37. The van der Waals surface area contributed by atoms with Gasteiger partial charge in [0.25, 0.3) is 0 Å². The number of hydrogen-bond acceptors (Lipinski definition) is 1. The van der Waals surface area contributed by atoms with Crippen LogP contribution in [-0.4, -0.2) is 12.5 Å². The highest BCUT2D eigenvalue weighted by Crippen LogP contribution is 2.24. The van der Waals surface area contributed by atoms with Gasteiger partial charge in [0.05, 0.1) is 17.2 Å². The molecule has 0 N–H and O–H groups in total. The van der Waals surface area contributed by atoms with Crippen LogP contribution in [-0.2, 0) is 12.8 Å². The van der Waals surface area contributed by atoms with E-state index in [9.17, 15) is 0 Å². The van der Waals surface area contributed by atoms with Crippen molar-refractivity contribution in [3.8, 4) is 5.75 Å². The molecule has 0 bridgehead atoms. The summed E-state index contributed by atoms with van der Waals surface area (Å²) in [4.78, 5) is 0. The number of aryl methyl sites for hydroxylation is 1. The van der Waals surface area contributed by atoms with E-state index in [2.05, 4.69) is 12.1 Å². The van der Waals surface area contributed by atoms with E-state index in [0.717, 1.165) is 30.6 Å². The fourth-order valence-corrected chi connectivity index (χ4v) is 2.75.